The van der Waals surface area contributed by atoms with Gasteiger partial charge < -0.3 is 9.45 Å². The smallest absolute Gasteiger partial charge is 0.282 e. The molecule has 1 N–H and O–H groups in total. The van der Waals surface area contributed by atoms with Gasteiger partial charge in [-0.05, 0) is 46.2 Å². The van der Waals surface area contributed by atoms with E-state index in [1.807, 2.05) is 40.7 Å². The minimum absolute atomic E-state index is 0.220. The number of aromatic nitrogens is 2. The van der Waals surface area contributed by atoms with E-state index >= 15 is 0 Å². The highest BCUT2D eigenvalue weighted by Gasteiger charge is 2.45. The highest BCUT2D eigenvalue weighted by atomic mass is 32.2. The number of halogens is 2. The number of nitrogens with one attached hydrogen (secondary N) is 1. The molecule has 2 heterocycles. The third-order valence-electron chi connectivity index (χ3n) is 4.76. The van der Waals surface area contributed by atoms with Crippen LogP contribution in [0, 0.1) is 6.92 Å². The van der Waals surface area contributed by atoms with E-state index in [9.17, 15) is 18.1 Å². The second-order valence-electron chi connectivity index (χ2n) is 8.46. The summed E-state index contributed by atoms with van der Waals surface area (Å²) in [7, 11) is 1.54. The molecule has 6 nitrogen and oxygen atoms in total. The minimum Gasteiger partial charge on any atom is -0.598 e. The molecular formula is C19H26F2N4O2S. The van der Waals surface area contributed by atoms with E-state index in [-0.39, 0.29) is 17.5 Å². The molecule has 154 valence electrons. The van der Waals surface area contributed by atoms with Crippen molar-refractivity contribution in [2.75, 3.05) is 18.0 Å². The molecule has 1 aromatic carbocycles. The zero-order valence-corrected chi connectivity index (χ0v) is 17.8. The minimum atomic E-state index is -2.76. The van der Waals surface area contributed by atoms with Gasteiger partial charge >= 0.3 is 0 Å². The molecule has 1 fully saturated rings. The number of hydrogen-bond donors (Lipinski definition) is 1. The Kier molecular flexibility index (Phi) is 5.23. The average Bonchev–Trinajstić information content (AvgIpc) is 2.54. The van der Waals surface area contributed by atoms with Gasteiger partial charge in [-0.25, -0.2) is 13.8 Å². The monoisotopic (exact) mass is 412 g/mol. The molecule has 1 saturated heterocycles. The number of alkyl halides is 2. The molecule has 0 saturated carbocycles. The number of benzene rings is 1. The van der Waals surface area contributed by atoms with Crippen LogP contribution in [0.1, 0.15) is 44.9 Å². The lowest BCUT2D eigenvalue weighted by Gasteiger charge is -2.40. The predicted molar refractivity (Wildman–Crippen MR) is 108 cm³/mol. The first kappa shape index (κ1) is 21.0. The molecule has 0 spiro atoms. The van der Waals surface area contributed by atoms with Crippen LogP contribution in [0.3, 0.4) is 0 Å². The van der Waals surface area contributed by atoms with Crippen LogP contribution >= 0.6 is 0 Å². The van der Waals surface area contributed by atoms with E-state index in [2.05, 4.69) is 9.71 Å². The maximum atomic E-state index is 13.3. The van der Waals surface area contributed by atoms with E-state index in [4.69, 9.17) is 0 Å². The van der Waals surface area contributed by atoms with Crippen LogP contribution in [0.15, 0.2) is 16.9 Å². The first-order chi connectivity index (χ1) is 12.8. The maximum Gasteiger partial charge on any atom is 0.282 e. The summed E-state index contributed by atoms with van der Waals surface area (Å²) in [6.07, 6.45) is 0. The summed E-state index contributed by atoms with van der Waals surface area (Å²) < 4.78 is 43.1. The molecule has 1 aliphatic heterocycles. The number of aryl methyl sites for hydroxylation is 1. The Morgan fingerprint density at radius 1 is 1.32 bits per heavy atom. The quantitative estimate of drug-likeness (QED) is 0.782. The van der Waals surface area contributed by atoms with Gasteiger partial charge in [-0.3, -0.25) is 9.36 Å². The van der Waals surface area contributed by atoms with Gasteiger partial charge in [0.2, 0.25) is 5.95 Å². The molecule has 9 heteroatoms. The Morgan fingerprint density at radius 2 is 1.93 bits per heavy atom. The van der Waals surface area contributed by atoms with E-state index < -0.39 is 35.1 Å². The fraction of sp³-hybridized carbons (Fsp3) is 0.579. The topological polar surface area (TPSA) is 73.2 Å². The van der Waals surface area contributed by atoms with Crippen molar-refractivity contribution in [1.82, 2.24) is 14.3 Å². The normalized spacial score (nSPS) is 18.8. The van der Waals surface area contributed by atoms with Gasteiger partial charge in [-0.1, -0.05) is 6.07 Å². The first-order valence-corrected chi connectivity index (χ1v) is 10.3. The molecule has 0 amide bonds. The van der Waals surface area contributed by atoms with Gasteiger partial charge in [-0.15, -0.1) is 4.72 Å². The molecule has 1 aromatic heterocycles. The molecule has 0 aliphatic carbocycles. The summed E-state index contributed by atoms with van der Waals surface area (Å²) in [5, 5.41) is 0.420. The number of nitrogens with zero attached hydrogens (tertiary/aromatic N) is 3. The Bertz CT molecular complexity index is 963. The summed E-state index contributed by atoms with van der Waals surface area (Å²) in [4.78, 5) is 18.9. The van der Waals surface area contributed by atoms with Crippen LogP contribution in [0.2, 0.25) is 0 Å². The zero-order chi connectivity index (χ0) is 21.0. The highest BCUT2D eigenvalue weighted by molar-refractivity contribution is 7.90. The second-order valence-corrected chi connectivity index (χ2v) is 10.5. The third kappa shape index (κ3) is 3.88. The van der Waals surface area contributed by atoms with E-state index in [0.717, 1.165) is 11.1 Å². The standard InChI is InChI=1S/C19H26F2N4O2S/c1-11-7-13(12(2)23-28(27)18(3,4)5)15-14(8-11)16(26)24(6)17(22-15)25-9-19(20,21)10-25/h7-8,12,23H,9-10H2,1-6H3/t12-,28-/m1/s1. The van der Waals surface area contributed by atoms with Gasteiger partial charge in [0.1, 0.15) is 4.75 Å². The average molecular weight is 413 g/mol. The molecule has 0 bridgehead atoms. The molecular weight excluding hydrogens is 386 g/mol. The third-order valence-corrected chi connectivity index (χ3v) is 6.44. The van der Waals surface area contributed by atoms with Crippen molar-refractivity contribution >= 4 is 28.2 Å². The van der Waals surface area contributed by atoms with Crippen molar-refractivity contribution in [1.29, 1.82) is 0 Å². The van der Waals surface area contributed by atoms with Gasteiger partial charge in [0, 0.05) is 24.0 Å². The summed E-state index contributed by atoms with van der Waals surface area (Å²) in [5.41, 5.74) is 1.76. The fourth-order valence-corrected chi connectivity index (χ4v) is 4.01. The maximum absolute atomic E-state index is 13.3. The van der Waals surface area contributed by atoms with Crippen molar-refractivity contribution < 1.29 is 13.3 Å². The van der Waals surface area contributed by atoms with E-state index in [1.54, 1.807) is 13.1 Å². The number of rotatable bonds is 4. The zero-order valence-electron chi connectivity index (χ0n) is 17.0. The van der Waals surface area contributed by atoms with Crippen LogP contribution in [-0.4, -0.2) is 37.9 Å². The first-order valence-electron chi connectivity index (χ1n) is 9.12. The summed E-state index contributed by atoms with van der Waals surface area (Å²) in [5.74, 6) is -2.54. The summed E-state index contributed by atoms with van der Waals surface area (Å²) in [6, 6.07) is 3.30. The Balaban J connectivity index is 2.10. The summed E-state index contributed by atoms with van der Waals surface area (Å²) in [6.45, 7) is 8.42. The second kappa shape index (κ2) is 6.96. The Hall–Kier alpha value is -1.71. The number of hydrogen-bond acceptors (Lipinski definition) is 5. The molecule has 1 aliphatic rings. The molecule has 0 unspecified atom stereocenters. The lowest BCUT2D eigenvalue weighted by atomic mass is 10.0. The van der Waals surface area contributed by atoms with Crippen LogP contribution in [-0.2, 0) is 18.4 Å². The van der Waals surface area contributed by atoms with Crippen LogP contribution in [0.25, 0.3) is 10.9 Å². The van der Waals surface area contributed by atoms with E-state index in [1.165, 1.54) is 9.47 Å². The van der Waals surface area contributed by atoms with Crippen molar-refractivity contribution in [3.05, 3.63) is 33.6 Å². The predicted octanol–water partition coefficient (Wildman–Crippen LogP) is 2.81. The van der Waals surface area contributed by atoms with Gasteiger partial charge in [-0.2, -0.15) is 0 Å². The number of fused-ring (bicyclic) bond motifs is 1. The van der Waals surface area contributed by atoms with Gasteiger partial charge in [0.05, 0.1) is 30.0 Å². The molecule has 2 atom stereocenters. The van der Waals surface area contributed by atoms with Crippen LogP contribution in [0.5, 0.6) is 0 Å². The lowest BCUT2D eigenvalue weighted by Crippen LogP contribution is -2.58. The van der Waals surface area contributed by atoms with Crippen LogP contribution in [0.4, 0.5) is 14.7 Å². The molecule has 28 heavy (non-hydrogen) atoms. The van der Waals surface area contributed by atoms with Gasteiger partial charge in [0.25, 0.3) is 11.5 Å². The Morgan fingerprint density at radius 3 is 2.46 bits per heavy atom. The Labute approximate surface area is 166 Å². The highest BCUT2D eigenvalue weighted by Crippen LogP contribution is 2.32. The largest absolute Gasteiger partial charge is 0.598 e. The van der Waals surface area contributed by atoms with Crippen molar-refractivity contribution in [3.8, 4) is 0 Å². The SMILES string of the molecule is Cc1cc([C@@H](C)N[S@+]([O-])C(C)(C)C)c2nc(N3CC(F)(F)C3)n(C)c(=O)c2c1. The van der Waals surface area contributed by atoms with Crippen molar-refractivity contribution in [2.45, 2.75) is 51.3 Å². The van der Waals surface area contributed by atoms with Crippen LogP contribution < -0.4 is 15.2 Å². The molecule has 0 radical (unpaired) electrons. The fourth-order valence-electron chi connectivity index (χ4n) is 3.21. The molecule has 2 aromatic rings. The lowest BCUT2D eigenvalue weighted by molar-refractivity contribution is -0.0275. The number of anilines is 1. The summed E-state index contributed by atoms with van der Waals surface area (Å²) >= 11 is -1.31. The van der Waals surface area contributed by atoms with Gasteiger partial charge in [0.15, 0.2) is 0 Å². The van der Waals surface area contributed by atoms with Crippen molar-refractivity contribution in [2.24, 2.45) is 7.05 Å². The van der Waals surface area contributed by atoms with Crippen molar-refractivity contribution in [3.63, 3.8) is 0 Å². The molecule has 3 rings (SSSR count). The van der Waals surface area contributed by atoms with E-state index in [0.29, 0.717) is 10.9 Å².